The lowest BCUT2D eigenvalue weighted by atomic mass is 10.1. The number of nitrogens with zero attached hydrogens (tertiary/aromatic N) is 2. The van der Waals surface area contributed by atoms with Crippen LogP contribution in [-0.2, 0) is 4.74 Å². The normalized spacial score (nSPS) is 10.8. The van der Waals surface area contributed by atoms with Gasteiger partial charge in [0.1, 0.15) is 0 Å². The van der Waals surface area contributed by atoms with Gasteiger partial charge in [0.25, 0.3) is 0 Å². The molecule has 0 spiro atoms. The number of nitrogens with one attached hydrogen (secondary N) is 1. The number of aryl methyl sites for hydroxylation is 1. The number of esters is 1. The van der Waals surface area contributed by atoms with Crippen LogP contribution in [0.25, 0.3) is 0 Å². The first-order chi connectivity index (χ1) is 10.1. The molecule has 0 amide bonds. The Morgan fingerprint density at radius 3 is 3.05 bits per heavy atom. The van der Waals surface area contributed by atoms with E-state index in [4.69, 9.17) is 16.3 Å². The molecule has 1 heterocycles. The predicted molar refractivity (Wildman–Crippen MR) is 85.5 cm³/mol. The van der Waals surface area contributed by atoms with Gasteiger partial charge in [-0.05, 0) is 19.9 Å². The molecule has 0 unspecified atom stereocenters. The monoisotopic (exact) mass is 323 g/mol. The van der Waals surface area contributed by atoms with Gasteiger partial charge < -0.3 is 4.74 Å². The summed E-state index contributed by atoms with van der Waals surface area (Å²) >= 11 is 7.52. The van der Waals surface area contributed by atoms with Crippen LogP contribution in [0, 0.1) is 6.92 Å². The van der Waals surface area contributed by atoms with Crippen molar-refractivity contribution < 1.29 is 9.53 Å². The summed E-state index contributed by atoms with van der Waals surface area (Å²) in [7, 11) is 0. The van der Waals surface area contributed by atoms with Crippen molar-refractivity contribution in [2.24, 2.45) is 5.10 Å². The first kappa shape index (κ1) is 15.5. The van der Waals surface area contributed by atoms with E-state index in [2.05, 4.69) is 15.5 Å². The molecular weight excluding hydrogens is 310 g/mol. The van der Waals surface area contributed by atoms with Crippen LogP contribution in [0.5, 0.6) is 0 Å². The van der Waals surface area contributed by atoms with Gasteiger partial charge in [0.2, 0.25) is 5.13 Å². The minimum absolute atomic E-state index is 0.289. The van der Waals surface area contributed by atoms with Gasteiger partial charge in [0.05, 0.1) is 29.1 Å². The van der Waals surface area contributed by atoms with Crippen LogP contribution in [0.15, 0.2) is 28.7 Å². The number of ether oxygens (including phenoxy) is 1. The Kier molecular flexibility index (Phi) is 5.30. The van der Waals surface area contributed by atoms with E-state index < -0.39 is 5.97 Å². The Balaban J connectivity index is 2.19. The maximum Gasteiger partial charge on any atom is 0.340 e. The lowest BCUT2D eigenvalue weighted by Gasteiger charge is -2.07. The highest BCUT2D eigenvalue weighted by Crippen LogP contribution is 2.20. The van der Waals surface area contributed by atoms with Gasteiger partial charge in [-0.15, -0.1) is 11.3 Å². The molecule has 0 aliphatic rings. The fourth-order valence-electron chi connectivity index (χ4n) is 1.63. The Morgan fingerprint density at radius 2 is 2.38 bits per heavy atom. The maximum absolute atomic E-state index is 11.9. The lowest BCUT2D eigenvalue weighted by Crippen LogP contribution is -2.09. The molecule has 0 aliphatic carbocycles. The average Bonchev–Trinajstić information content (AvgIpc) is 2.85. The molecule has 2 rings (SSSR count). The van der Waals surface area contributed by atoms with Crippen molar-refractivity contribution >= 4 is 40.3 Å². The third-order valence-corrected chi connectivity index (χ3v) is 3.69. The second-order valence-corrected chi connectivity index (χ2v) is 5.35. The van der Waals surface area contributed by atoms with Crippen molar-refractivity contribution in [2.75, 3.05) is 12.0 Å². The van der Waals surface area contributed by atoms with Gasteiger partial charge in [-0.25, -0.2) is 9.78 Å². The molecule has 0 bridgehead atoms. The van der Waals surface area contributed by atoms with Gasteiger partial charge in [-0.3, -0.25) is 5.43 Å². The van der Waals surface area contributed by atoms with E-state index >= 15 is 0 Å². The van der Waals surface area contributed by atoms with Gasteiger partial charge in [0.15, 0.2) is 0 Å². The van der Waals surface area contributed by atoms with Crippen LogP contribution >= 0.6 is 22.9 Å². The van der Waals surface area contributed by atoms with Gasteiger partial charge in [0, 0.05) is 10.9 Å². The SMILES string of the molecule is CCOC(=O)c1c(Cl)cccc1C=NNc1nc(C)cs1. The maximum atomic E-state index is 11.9. The Labute approximate surface area is 131 Å². The number of benzene rings is 1. The summed E-state index contributed by atoms with van der Waals surface area (Å²) in [5.41, 5.74) is 4.63. The van der Waals surface area contributed by atoms with Crippen LogP contribution < -0.4 is 5.43 Å². The van der Waals surface area contributed by atoms with Crippen LogP contribution in [0.2, 0.25) is 5.02 Å². The minimum Gasteiger partial charge on any atom is -0.462 e. The number of aromatic nitrogens is 1. The summed E-state index contributed by atoms with van der Waals surface area (Å²) < 4.78 is 5.00. The molecule has 1 aromatic heterocycles. The van der Waals surface area contributed by atoms with Crippen molar-refractivity contribution in [1.82, 2.24) is 4.98 Å². The van der Waals surface area contributed by atoms with E-state index in [0.717, 1.165) is 5.69 Å². The van der Waals surface area contributed by atoms with Crippen molar-refractivity contribution in [3.8, 4) is 0 Å². The molecule has 110 valence electrons. The van der Waals surface area contributed by atoms with Crippen LogP contribution in [0.1, 0.15) is 28.5 Å². The molecule has 1 aromatic carbocycles. The molecule has 0 radical (unpaired) electrons. The molecule has 21 heavy (non-hydrogen) atoms. The second-order valence-electron chi connectivity index (χ2n) is 4.09. The van der Waals surface area contributed by atoms with E-state index in [1.807, 2.05) is 12.3 Å². The van der Waals surface area contributed by atoms with E-state index in [1.165, 1.54) is 17.6 Å². The first-order valence-corrected chi connectivity index (χ1v) is 7.54. The van der Waals surface area contributed by atoms with Crippen LogP contribution in [-0.4, -0.2) is 23.8 Å². The zero-order valence-electron chi connectivity index (χ0n) is 11.6. The third kappa shape index (κ3) is 4.03. The lowest BCUT2D eigenvalue weighted by molar-refractivity contribution is 0.0526. The number of hydrogen-bond donors (Lipinski definition) is 1. The smallest absolute Gasteiger partial charge is 0.340 e. The summed E-state index contributed by atoms with van der Waals surface area (Å²) in [5.74, 6) is -0.463. The number of rotatable bonds is 5. The fraction of sp³-hybridized carbons (Fsp3) is 0.214. The number of anilines is 1. The Bertz CT molecular complexity index is 670. The predicted octanol–water partition coefficient (Wildman–Crippen LogP) is 3.73. The summed E-state index contributed by atoms with van der Waals surface area (Å²) in [4.78, 5) is 16.1. The molecule has 7 heteroatoms. The quantitative estimate of drug-likeness (QED) is 0.517. The number of thiazole rings is 1. The summed E-state index contributed by atoms with van der Waals surface area (Å²) in [6.45, 7) is 3.94. The number of hydrogen-bond acceptors (Lipinski definition) is 6. The van der Waals surface area contributed by atoms with Crippen molar-refractivity contribution in [3.63, 3.8) is 0 Å². The third-order valence-electron chi connectivity index (χ3n) is 2.51. The molecule has 2 aromatic rings. The fourth-order valence-corrected chi connectivity index (χ4v) is 2.53. The molecule has 1 N–H and O–H groups in total. The van der Waals surface area contributed by atoms with Crippen molar-refractivity contribution in [3.05, 3.63) is 45.4 Å². The average molecular weight is 324 g/mol. The van der Waals surface area contributed by atoms with Gasteiger partial charge in [-0.2, -0.15) is 5.10 Å². The van der Waals surface area contributed by atoms with Gasteiger partial charge >= 0.3 is 5.97 Å². The molecular formula is C14H14ClN3O2S. The topological polar surface area (TPSA) is 63.6 Å². The summed E-state index contributed by atoms with van der Waals surface area (Å²) in [6, 6.07) is 5.14. The number of hydrazone groups is 1. The second kappa shape index (κ2) is 7.19. The van der Waals surface area contributed by atoms with Crippen molar-refractivity contribution in [1.29, 1.82) is 0 Å². The minimum atomic E-state index is -0.463. The van der Waals surface area contributed by atoms with Crippen molar-refractivity contribution in [2.45, 2.75) is 13.8 Å². The molecule has 0 atom stereocenters. The number of carbonyl (C=O) groups is 1. The first-order valence-electron chi connectivity index (χ1n) is 6.28. The Hall–Kier alpha value is -1.92. The highest BCUT2D eigenvalue weighted by atomic mass is 35.5. The molecule has 0 aliphatic heterocycles. The van der Waals surface area contributed by atoms with E-state index in [1.54, 1.807) is 25.1 Å². The standard InChI is InChI=1S/C14H14ClN3O2S/c1-3-20-13(19)12-10(5-4-6-11(12)15)7-16-18-14-17-9(2)8-21-14/h4-8H,3H2,1-2H3,(H,17,18). The largest absolute Gasteiger partial charge is 0.462 e. The number of carbonyl (C=O) groups excluding carboxylic acids is 1. The van der Waals surface area contributed by atoms with E-state index in [0.29, 0.717) is 21.3 Å². The van der Waals surface area contributed by atoms with Gasteiger partial charge in [-0.1, -0.05) is 23.7 Å². The van der Waals surface area contributed by atoms with E-state index in [-0.39, 0.29) is 6.61 Å². The zero-order chi connectivity index (χ0) is 15.2. The highest BCUT2D eigenvalue weighted by Gasteiger charge is 2.15. The van der Waals surface area contributed by atoms with Crippen LogP contribution in [0.4, 0.5) is 5.13 Å². The molecule has 0 saturated carbocycles. The molecule has 5 nitrogen and oxygen atoms in total. The zero-order valence-corrected chi connectivity index (χ0v) is 13.2. The highest BCUT2D eigenvalue weighted by molar-refractivity contribution is 7.13. The summed E-state index contributed by atoms with van der Waals surface area (Å²) in [6.07, 6.45) is 1.52. The Morgan fingerprint density at radius 1 is 1.57 bits per heavy atom. The molecule has 0 saturated heterocycles. The summed E-state index contributed by atoms with van der Waals surface area (Å²) in [5, 5.41) is 7.01. The van der Waals surface area contributed by atoms with E-state index in [9.17, 15) is 4.79 Å². The molecule has 0 fully saturated rings. The van der Waals surface area contributed by atoms with Crippen LogP contribution in [0.3, 0.4) is 0 Å². The number of halogens is 1.